The van der Waals surface area contributed by atoms with E-state index in [1.54, 1.807) is 0 Å². The molecule has 3 aromatic carbocycles. The number of ether oxygens (including phenoxy) is 2. The summed E-state index contributed by atoms with van der Waals surface area (Å²) in [5.41, 5.74) is 5.41. The van der Waals surface area contributed by atoms with Crippen molar-refractivity contribution in [3.8, 4) is 5.75 Å². The normalized spacial score (nSPS) is 19.3. The fourth-order valence-corrected chi connectivity index (χ4v) is 5.41. The lowest BCUT2D eigenvalue weighted by molar-refractivity contribution is -0.136. The number of methoxy groups -OCH3 is 1. The number of carbonyl (C=O) groups is 2. The highest BCUT2D eigenvalue weighted by Gasteiger charge is 2.42. The van der Waals surface area contributed by atoms with Gasteiger partial charge < -0.3 is 14.8 Å². The molecule has 0 radical (unpaired) electrons. The van der Waals surface area contributed by atoms with Crippen molar-refractivity contribution in [3.63, 3.8) is 0 Å². The van der Waals surface area contributed by atoms with Gasteiger partial charge in [0.1, 0.15) is 12.4 Å². The molecule has 1 aliphatic carbocycles. The Bertz CT molecular complexity index is 1390. The Morgan fingerprint density at radius 1 is 0.973 bits per heavy atom. The van der Waals surface area contributed by atoms with Crippen molar-refractivity contribution in [2.45, 2.75) is 38.2 Å². The van der Waals surface area contributed by atoms with Gasteiger partial charge in [-0.2, -0.15) is 0 Å². The average molecular weight is 514 g/mol. The second-order valence-corrected chi connectivity index (χ2v) is 9.81. The number of Topliss-reactive ketones (excluding diaryl/α,β-unsaturated/α-hetero) is 1. The van der Waals surface area contributed by atoms with Gasteiger partial charge in [-0.1, -0.05) is 72.3 Å². The van der Waals surface area contributed by atoms with Crippen molar-refractivity contribution in [2.75, 3.05) is 7.11 Å². The maximum absolute atomic E-state index is 13.8. The second-order valence-electron chi connectivity index (χ2n) is 9.37. The average Bonchev–Trinajstić information content (AvgIpc) is 2.92. The van der Waals surface area contributed by atoms with Crippen LogP contribution < -0.4 is 10.1 Å². The maximum atomic E-state index is 13.8. The molecule has 0 bridgehead atoms. The molecule has 0 aromatic heterocycles. The minimum Gasteiger partial charge on any atom is -0.489 e. The van der Waals surface area contributed by atoms with E-state index >= 15 is 0 Å². The van der Waals surface area contributed by atoms with E-state index in [2.05, 4.69) is 5.32 Å². The zero-order valence-corrected chi connectivity index (χ0v) is 21.5. The third-order valence-corrected chi connectivity index (χ3v) is 7.29. The summed E-state index contributed by atoms with van der Waals surface area (Å²) in [4.78, 5) is 26.8. The molecule has 1 aliphatic heterocycles. The van der Waals surface area contributed by atoms with Crippen molar-refractivity contribution in [1.82, 2.24) is 5.32 Å². The van der Waals surface area contributed by atoms with Crippen LogP contribution in [-0.2, 0) is 20.9 Å². The molecule has 188 valence electrons. The smallest absolute Gasteiger partial charge is 0.336 e. The number of allylic oxidation sites excluding steroid dienone is 3. The molecule has 0 saturated heterocycles. The van der Waals surface area contributed by atoms with Crippen molar-refractivity contribution in [1.29, 1.82) is 0 Å². The van der Waals surface area contributed by atoms with E-state index in [0.717, 1.165) is 22.4 Å². The molecule has 5 nitrogen and oxygen atoms in total. The fraction of sp³-hybridized carbons (Fsp3) is 0.226. The lowest BCUT2D eigenvalue weighted by atomic mass is 9.71. The first kappa shape index (κ1) is 24.8. The van der Waals surface area contributed by atoms with Crippen LogP contribution in [0.1, 0.15) is 48.3 Å². The summed E-state index contributed by atoms with van der Waals surface area (Å²) in [5, 5.41) is 4.04. The monoisotopic (exact) mass is 513 g/mol. The van der Waals surface area contributed by atoms with Crippen LogP contribution in [0.5, 0.6) is 5.75 Å². The van der Waals surface area contributed by atoms with E-state index in [4.69, 9.17) is 21.1 Å². The number of hydrogen-bond acceptors (Lipinski definition) is 5. The summed E-state index contributed by atoms with van der Waals surface area (Å²) in [6.07, 6.45) is 0.997. The molecule has 1 N–H and O–H groups in total. The van der Waals surface area contributed by atoms with Gasteiger partial charge in [-0.25, -0.2) is 4.79 Å². The minimum atomic E-state index is -0.589. The molecule has 0 amide bonds. The van der Waals surface area contributed by atoms with Gasteiger partial charge in [-0.3, -0.25) is 4.79 Å². The Morgan fingerprint density at radius 2 is 1.68 bits per heavy atom. The van der Waals surface area contributed by atoms with Crippen LogP contribution in [0.15, 0.2) is 101 Å². The summed E-state index contributed by atoms with van der Waals surface area (Å²) in [6.45, 7) is 2.23. The second kappa shape index (κ2) is 10.7. The number of hydrogen-bond donors (Lipinski definition) is 1. The number of dihydropyridines is 1. The topological polar surface area (TPSA) is 64.6 Å². The summed E-state index contributed by atoms with van der Waals surface area (Å²) in [6, 6.07) is 25.1. The van der Waals surface area contributed by atoms with Crippen LogP contribution in [0.2, 0.25) is 5.02 Å². The van der Waals surface area contributed by atoms with Crippen LogP contribution >= 0.6 is 11.6 Å². The van der Waals surface area contributed by atoms with E-state index in [1.165, 1.54) is 7.11 Å². The quantitative estimate of drug-likeness (QED) is 0.383. The highest BCUT2D eigenvalue weighted by molar-refractivity contribution is 6.30. The fourth-order valence-electron chi connectivity index (χ4n) is 5.29. The van der Waals surface area contributed by atoms with Gasteiger partial charge in [0, 0.05) is 34.0 Å². The minimum absolute atomic E-state index is 0.00506. The lowest BCUT2D eigenvalue weighted by Gasteiger charge is -2.37. The number of nitrogens with one attached hydrogen (secondary N) is 1. The molecule has 1 heterocycles. The summed E-state index contributed by atoms with van der Waals surface area (Å²) in [7, 11) is 1.36. The summed E-state index contributed by atoms with van der Waals surface area (Å²) in [5.74, 6) is -0.396. The number of esters is 1. The van der Waals surface area contributed by atoms with Gasteiger partial charge in [0.25, 0.3) is 0 Å². The highest BCUT2D eigenvalue weighted by Crippen LogP contribution is 2.47. The first-order valence-corrected chi connectivity index (χ1v) is 12.7. The van der Waals surface area contributed by atoms with Crippen molar-refractivity contribution < 1.29 is 19.1 Å². The van der Waals surface area contributed by atoms with Crippen LogP contribution in [-0.4, -0.2) is 18.9 Å². The highest BCUT2D eigenvalue weighted by atomic mass is 35.5. The molecule has 3 aromatic rings. The molecule has 0 saturated carbocycles. The third-order valence-electron chi connectivity index (χ3n) is 7.04. The zero-order chi connectivity index (χ0) is 25.9. The Balaban J connectivity index is 1.56. The molecule has 0 spiro atoms. The van der Waals surface area contributed by atoms with Crippen LogP contribution in [0.3, 0.4) is 0 Å². The summed E-state index contributed by atoms with van der Waals surface area (Å²) < 4.78 is 11.4. The summed E-state index contributed by atoms with van der Waals surface area (Å²) >= 11 is 6.08. The molecule has 37 heavy (non-hydrogen) atoms. The first-order chi connectivity index (χ1) is 18.0. The number of halogens is 1. The predicted octanol–water partition coefficient (Wildman–Crippen LogP) is 6.45. The Morgan fingerprint density at radius 3 is 2.41 bits per heavy atom. The van der Waals surface area contributed by atoms with Crippen LogP contribution in [0.25, 0.3) is 0 Å². The Hall–Kier alpha value is -3.83. The first-order valence-electron chi connectivity index (χ1n) is 12.3. The number of rotatable bonds is 6. The Kier molecular flexibility index (Phi) is 7.15. The lowest BCUT2D eigenvalue weighted by Crippen LogP contribution is -2.36. The molecule has 2 aliphatic rings. The third kappa shape index (κ3) is 5.05. The van der Waals surface area contributed by atoms with E-state index in [0.29, 0.717) is 47.1 Å². The van der Waals surface area contributed by atoms with Crippen molar-refractivity contribution in [3.05, 3.63) is 123 Å². The van der Waals surface area contributed by atoms with E-state index in [-0.39, 0.29) is 11.7 Å². The van der Waals surface area contributed by atoms with Crippen LogP contribution in [0, 0.1) is 0 Å². The van der Waals surface area contributed by atoms with Gasteiger partial charge in [0.2, 0.25) is 0 Å². The number of benzene rings is 3. The largest absolute Gasteiger partial charge is 0.489 e. The number of para-hydroxylation sites is 1. The van der Waals surface area contributed by atoms with Gasteiger partial charge in [-0.15, -0.1) is 0 Å². The van der Waals surface area contributed by atoms with E-state index < -0.39 is 11.9 Å². The number of carbonyl (C=O) groups excluding carboxylic acids is 2. The van der Waals surface area contributed by atoms with Gasteiger partial charge in [0.15, 0.2) is 5.78 Å². The van der Waals surface area contributed by atoms with Gasteiger partial charge in [-0.05, 0) is 48.6 Å². The molecule has 5 rings (SSSR count). The molecule has 6 heteroatoms. The predicted molar refractivity (Wildman–Crippen MR) is 143 cm³/mol. The molecular formula is C31H28ClNO4. The molecule has 2 unspecified atom stereocenters. The standard InChI is InChI=1S/C31H28ClNO4/c1-19-28(31(35)36-2)29(24-10-6-7-11-27(24)37-18-20-8-4-3-5-9-20)30-25(33-19)16-22(17-26(30)34)21-12-14-23(32)15-13-21/h3-15,22,29,33H,16-18H2,1-2H3. The van der Waals surface area contributed by atoms with Gasteiger partial charge in [0.05, 0.1) is 18.6 Å². The van der Waals surface area contributed by atoms with E-state index in [9.17, 15) is 9.59 Å². The van der Waals surface area contributed by atoms with E-state index in [1.807, 2.05) is 85.8 Å². The van der Waals surface area contributed by atoms with Crippen molar-refractivity contribution in [2.24, 2.45) is 0 Å². The van der Waals surface area contributed by atoms with Gasteiger partial charge >= 0.3 is 5.97 Å². The van der Waals surface area contributed by atoms with Crippen LogP contribution in [0.4, 0.5) is 0 Å². The van der Waals surface area contributed by atoms with Crippen molar-refractivity contribution >= 4 is 23.4 Å². The zero-order valence-electron chi connectivity index (χ0n) is 20.8. The Labute approximate surface area is 221 Å². The maximum Gasteiger partial charge on any atom is 0.336 e. The SMILES string of the molecule is COC(=O)C1=C(C)NC2=C(C(=O)CC(c3ccc(Cl)cc3)C2)C1c1ccccc1OCc1ccccc1. The number of ketones is 1. The molecule has 2 atom stereocenters. The molecule has 0 fully saturated rings. The molecular weight excluding hydrogens is 486 g/mol.